The van der Waals surface area contributed by atoms with Crippen LogP contribution in [0.4, 0.5) is 18.9 Å². The van der Waals surface area contributed by atoms with Crippen LogP contribution in [0.1, 0.15) is 18.1 Å². The van der Waals surface area contributed by atoms with Crippen LogP contribution in [0.3, 0.4) is 0 Å². The maximum Gasteiger partial charge on any atom is 0.416 e. The van der Waals surface area contributed by atoms with Crippen molar-refractivity contribution in [1.29, 1.82) is 0 Å². The number of ether oxygens (including phenoxy) is 1. The molecule has 0 atom stereocenters. The van der Waals surface area contributed by atoms with Crippen molar-refractivity contribution in [3.8, 4) is 5.75 Å². The highest BCUT2D eigenvalue weighted by Gasteiger charge is 2.31. The monoisotopic (exact) mass is 447 g/mol. The highest BCUT2D eigenvalue weighted by atomic mass is 79.9. The highest BCUT2D eigenvalue weighted by molar-refractivity contribution is 9.10. The number of carbonyl (C=O) groups excluding carboxylic acids is 1. The number of hydrogen-bond donors (Lipinski definition) is 1. The number of rotatable bonds is 5. The molecule has 1 amide bonds. The molecule has 0 spiro atoms. The Hall–Kier alpha value is -1.99. The Balaban J connectivity index is 2.19. The van der Waals surface area contributed by atoms with Crippen molar-refractivity contribution in [3.63, 3.8) is 0 Å². The van der Waals surface area contributed by atoms with Crippen LogP contribution in [0.15, 0.2) is 46.9 Å². The van der Waals surface area contributed by atoms with Gasteiger partial charge in [0.1, 0.15) is 5.75 Å². The second-order valence-electron chi connectivity index (χ2n) is 5.13. The number of halogens is 5. The first-order chi connectivity index (χ1) is 12.2. The van der Waals surface area contributed by atoms with E-state index in [0.29, 0.717) is 17.9 Å². The third-order valence-electron chi connectivity index (χ3n) is 3.24. The van der Waals surface area contributed by atoms with E-state index in [1.54, 1.807) is 18.2 Å². The van der Waals surface area contributed by atoms with E-state index in [0.717, 1.165) is 22.7 Å². The van der Waals surface area contributed by atoms with Gasteiger partial charge in [-0.3, -0.25) is 4.79 Å². The van der Waals surface area contributed by atoms with Crippen molar-refractivity contribution in [2.45, 2.75) is 13.1 Å². The minimum atomic E-state index is -4.53. The first-order valence-electron chi connectivity index (χ1n) is 7.49. The summed E-state index contributed by atoms with van der Waals surface area (Å²) in [4.78, 5) is 12.1. The quantitative estimate of drug-likeness (QED) is 0.555. The molecule has 0 aromatic heterocycles. The van der Waals surface area contributed by atoms with Crippen molar-refractivity contribution >= 4 is 45.2 Å². The van der Waals surface area contributed by atoms with Gasteiger partial charge >= 0.3 is 6.18 Å². The summed E-state index contributed by atoms with van der Waals surface area (Å²) < 4.78 is 44.6. The van der Waals surface area contributed by atoms with Gasteiger partial charge in [-0.15, -0.1) is 0 Å². The predicted octanol–water partition coefficient (Wildman–Crippen LogP) is 6.17. The number of alkyl halides is 3. The van der Waals surface area contributed by atoms with E-state index in [-0.39, 0.29) is 10.7 Å². The molecule has 138 valence electrons. The van der Waals surface area contributed by atoms with Crippen LogP contribution in [-0.2, 0) is 11.0 Å². The Labute approximate surface area is 161 Å². The number of benzene rings is 2. The summed E-state index contributed by atoms with van der Waals surface area (Å²) in [5, 5.41) is 2.36. The Kier molecular flexibility index (Phi) is 6.72. The minimum absolute atomic E-state index is 0.0113. The van der Waals surface area contributed by atoms with Gasteiger partial charge in [-0.2, -0.15) is 13.2 Å². The maximum atomic E-state index is 12.8. The fraction of sp³-hybridized carbons (Fsp3) is 0.167. The van der Waals surface area contributed by atoms with Crippen LogP contribution in [-0.4, -0.2) is 12.5 Å². The van der Waals surface area contributed by atoms with Crippen LogP contribution >= 0.6 is 27.5 Å². The summed E-state index contributed by atoms with van der Waals surface area (Å²) in [6.45, 7) is 2.28. The van der Waals surface area contributed by atoms with Gasteiger partial charge in [0.05, 0.1) is 22.9 Å². The number of carbonyl (C=O) groups is 1. The Morgan fingerprint density at radius 3 is 2.65 bits per heavy atom. The lowest BCUT2D eigenvalue weighted by atomic mass is 10.1. The highest BCUT2D eigenvalue weighted by Crippen LogP contribution is 2.33. The summed E-state index contributed by atoms with van der Waals surface area (Å²) >= 11 is 9.19. The SMILES string of the molecule is CCOc1ccc(Br)cc1/C=C/C(=O)Nc1cc(C(F)(F)F)ccc1Cl. The van der Waals surface area contributed by atoms with Gasteiger partial charge in [0, 0.05) is 16.1 Å². The normalized spacial score (nSPS) is 11.6. The minimum Gasteiger partial charge on any atom is -0.493 e. The molecule has 2 rings (SSSR count). The second kappa shape index (κ2) is 8.60. The largest absolute Gasteiger partial charge is 0.493 e. The third kappa shape index (κ3) is 5.51. The fourth-order valence-electron chi connectivity index (χ4n) is 2.07. The lowest BCUT2D eigenvalue weighted by Gasteiger charge is -2.11. The summed E-state index contributed by atoms with van der Waals surface area (Å²) in [6, 6.07) is 8.03. The maximum absolute atomic E-state index is 12.8. The molecular formula is C18H14BrClF3NO2. The van der Waals surface area contributed by atoms with Gasteiger partial charge in [-0.25, -0.2) is 0 Å². The van der Waals surface area contributed by atoms with Gasteiger partial charge in [0.25, 0.3) is 0 Å². The fourth-order valence-corrected chi connectivity index (χ4v) is 2.62. The van der Waals surface area contributed by atoms with Gasteiger partial charge in [-0.05, 0) is 49.4 Å². The first-order valence-corrected chi connectivity index (χ1v) is 8.66. The topological polar surface area (TPSA) is 38.3 Å². The number of amides is 1. The molecule has 0 saturated heterocycles. The van der Waals surface area contributed by atoms with Crippen molar-refractivity contribution < 1.29 is 22.7 Å². The zero-order valence-corrected chi connectivity index (χ0v) is 15.9. The van der Waals surface area contributed by atoms with Crippen LogP contribution in [0, 0.1) is 0 Å². The summed E-state index contributed by atoms with van der Waals surface area (Å²) in [7, 11) is 0. The lowest BCUT2D eigenvalue weighted by molar-refractivity contribution is -0.137. The van der Waals surface area contributed by atoms with Crippen molar-refractivity contribution in [2.24, 2.45) is 0 Å². The molecule has 8 heteroatoms. The lowest BCUT2D eigenvalue weighted by Crippen LogP contribution is -2.11. The molecule has 2 aromatic carbocycles. The molecule has 0 unspecified atom stereocenters. The standard InChI is InChI=1S/C18H14BrClF3NO2/c1-2-26-16-7-5-13(19)9-11(16)3-8-17(25)24-15-10-12(18(21,22)23)4-6-14(15)20/h3-10H,2H2,1H3,(H,24,25)/b8-3+. The van der Waals surface area contributed by atoms with Gasteiger partial charge in [0.2, 0.25) is 5.91 Å². The molecular weight excluding hydrogens is 435 g/mol. The van der Waals surface area contributed by atoms with Crippen molar-refractivity contribution in [3.05, 3.63) is 63.1 Å². The summed E-state index contributed by atoms with van der Waals surface area (Å²) in [5.74, 6) is -0.0366. The average Bonchev–Trinajstić information content (AvgIpc) is 2.56. The predicted molar refractivity (Wildman–Crippen MR) is 99.4 cm³/mol. The second-order valence-corrected chi connectivity index (χ2v) is 6.45. The average molecular weight is 449 g/mol. The molecule has 3 nitrogen and oxygen atoms in total. The van der Waals surface area contributed by atoms with Crippen LogP contribution in [0.2, 0.25) is 5.02 Å². The molecule has 0 saturated carbocycles. The van der Waals surface area contributed by atoms with Crippen LogP contribution in [0.5, 0.6) is 5.75 Å². The third-order valence-corrected chi connectivity index (χ3v) is 4.06. The Morgan fingerprint density at radius 1 is 1.27 bits per heavy atom. The van der Waals surface area contributed by atoms with Crippen LogP contribution < -0.4 is 10.1 Å². The molecule has 0 bridgehead atoms. The molecule has 1 N–H and O–H groups in total. The molecule has 0 heterocycles. The molecule has 26 heavy (non-hydrogen) atoms. The Morgan fingerprint density at radius 2 is 2.00 bits per heavy atom. The Bertz CT molecular complexity index is 838. The van der Waals surface area contributed by atoms with Crippen molar-refractivity contribution in [1.82, 2.24) is 0 Å². The first kappa shape index (κ1) is 20.3. The van der Waals surface area contributed by atoms with E-state index in [1.807, 2.05) is 6.92 Å². The zero-order chi connectivity index (χ0) is 19.3. The number of anilines is 1. The van der Waals surface area contributed by atoms with Crippen LogP contribution in [0.25, 0.3) is 6.08 Å². The molecule has 0 radical (unpaired) electrons. The molecule has 2 aromatic rings. The van der Waals surface area contributed by atoms with Gasteiger partial charge in [0.15, 0.2) is 0 Å². The van der Waals surface area contributed by atoms with Crippen molar-refractivity contribution in [2.75, 3.05) is 11.9 Å². The van der Waals surface area contributed by atoms with Gasteiger partial charge in [-0.1, -0.05) is 27.5 Å². The van der Waals surface area contributed by atoms with E-state index in [4.69, 9.17) is 16.3 Å². The van der Waals surface area contributed by atoms with E-state index >= 15 is 0 Å². The molecule has 0 fully saturated rings. The number of hydrogen-bond acceptors (Lipinski definition) is 2. The molecule has 0 aliphatic heterocycles. The van der Waals surface area contributed by atoms with E-state index in [2.05, 4.69) is 21.2 Å². The molecule has 0 aliphatic rings. The summed E-state index contributed by atoms with van der Waals surface area (Å²) in [6.07, 6.45) is -1.82. The van der Waals surface area contributed by atoms with E-state index < -0.39 is 17.6 Å². The number of nitrogens with one attached hydrogen (secondary N) is 1. The van der Waals surface area contributed by atoms with Gasteiger partial charge < -0.3 is 10.1 Å². The molecule has 0 aliphatic carbocycles. The van der Waals surface area contributed by atoms with E-state index in [9.17, 15) is 18.0 Å². The zero-order valence-electron chi connectivity index (χ0n) is 13.5. The summed E-state index contributed by atoms with van der Waals surface area (Å²) in [5.41, 5.74) is -0.367. The smallest absolute Gasteiger partial charge is 0.416 e. The van der Waals surface area contributed by atoms with E-state index in [1.165, 1.54) is 12.2 Å².